The van der Waals surface area contributed by atoms with Crippen LogP contribution < -0.4 is 5.73 Å². The van der Waals surface area contributed by atoms with Gasteiger partial charge in [0, 0.05) is 11.6 Å². The lowest BCUT2D eigenvalue weighted by Gasteiger charge is -2.04. The smallest absolute Gasteiger partial charge is 0.0242 e. The normalized spacial score (nSPS) is 12.1. The molecule has 0 fully saturated rings. The van der Waals surface area contributed by atoms with Crippen LogP contribution in [0, 0.1) is 12.3 Å². The molecule has 1 rings (SSSR count). The van der Waals surface area contributed by atoms with Gasteiger partial charge in [0.15, 0.2) is 0 Å². The van der Waals surface area contributed by atoms with Crippen LogP contribution in [0.1, 0.15) is 24.5 Å². The number of hydrogen-bond donors (Lipinski definition) is 1. The number of hydrogen-bond acceptors (Lipinski definition) is 1. The van der Waals surface area contributed by atoms with Crippen molar-refractivity contribution in [2.24, 2.45) is 5.73 Å². The maximum Gasteiger partial charge on any atom is 0.0242 e. The SMILES string of the molecule is C#Cc1ccc(CC[C@@H](C)N)cc1. The van der Waals surface area contributed by atoms with Crippen LogP contribution in [-0.4, -0.2) is 6.04 Å². The van der Waals surface area contributed by atoms with E-state index in [-0.39, 0.29) is 6.04 Å². The zero-order chi connectivity index (χ0) is 9.68. The second-order valence-corrected chi connectivity index (χ2v) is 3.36. The van der Waals surface area contributed by atoms with E-state index >= 15 is 0 Å². The fraction of sp³-hybridized carbons (Fsp3) is 0.333. The van der Waals surface area contributed by atoms with Crippen molar-refractivity contribution >= 4 is 0 Å². The maximum atomic E-state index is 5.66. The van der Waals surface area contributed by atoms with Crippen molar-refractivity contribution in [1.29, 1.82) is 0 Å². The van der Waals surface area contributed by atoms with Crippen molar-refractivity contribution in [3.63, 3.8) is 0 Å². The Morgan fingerprint density at radius 2 is 2.00 bits per heavy atom. The Kier molecular flexibility index (Phi) is 3.54. The van der Waals surface area contributed by atoms with Crippen LogP contribution >= 0.6 is 0 Å². The Morgan fingerprint density at radius 1 is 1.38 bits per heavy atom. The van der Waals surface area contributed by atoms with Gasteiger partial charge in [-0.15, -0.1) is 6.42 Å². The van der Waals surface area contributed by atoms with E-state index in [9.17, 15) is 0 Å². The summed E-state index contributed by atoms with van der Waals surface area (Å²) >= 11 is 0. The van der Waals surface area contributed by atoms with Gasteiger partial charge in [-0.05, 0) is 37.5 Å². The van der Waals surface area contributed by atoms with Gasteiger partial charge in [-0.3, -0.25) is 0 Å². The monoisotopic (exact) mass is 173 g/mol. The highest BCUT2D eigenvalue weighted by molar-refractivity contribution is 5.34. The third-order valence-corrected chi connectivity index (χ3v) is 2.01. The summed E-state index contributed by atoms with van der Waals surface area (Å²) in [5, 5.41) is 0. The molecule has 0 saturated carbocycles. The molecule has 0 aliphatic rings. The molecule has 0 aliphatic carbocycles. The first-order valence-electron chi connectivity index (χ1n) is 4.53. The van der Waals surface area contributed by atoms with Crippen molar-refractivity contribution in [3.8, 4) is 12.3 Å². The lowest BCUT2D eigenvalue weighted by Crippen LogP contribution is -2.15. The minimum absolute atomic E-state index is 0.271. The van der Waals surface area contributed by atoms with Crippen molar-refractivity contribution in [3.05, 3.63) is 35.4 Å². The standard InChI is InChI=1S/C12H15N/c1-3-11-6-8-12(9-7-11)5-4-10(2)13/h1,6-10H,4-5,13H2,2H3/t10-/m1/s1. The van der Waals surface area contributed by atoms with Gasteiger partial charge < -0.3 is 5.73 Å². The molecule has 0 saturated heterocycles. The van der Waals surface area contributed by atoms with Gasteiger partial charge in [0.25, 0.3) is 0 Å². The minimum Gasteiger partial charge on any atom is -0.328 e. The third-order valence-electron chi connectivity index (χ3n) is 2.01. The Morgan fingerprint density at radius 3 is 2.46 bits per heavy atom. The first kappa shape index (κ1) is 9.83. The first-order valence-corrected chi connectivity index (χ1v) is 4.53. The Balaban J connectivity index is 2.55. The molecular weight excluding hydrogens is 158 g/mol. The summed E-state index contributed by atoms with van der Waals surface area (Å²) in [6.07, 6.45) is 7.31. The average molecular weight is 173 g/mol. The molecule has 1 atom stereocenters. The summed E-state index contributed by atoms with van der Waals surface area (Å²) < 4.78 is 0. The molecular formula is C12H15N. The molecule has 0 aromatic heterocycles. The molecule has 1 aromatic rings. The minimum atomic E-state index is 0.271. The molecule has 1 aromatic carbocycles. The van der Waals surface area contributed by atoms with Crippen molar-refractivity contribution in [1.82, 2.24) is 0 Å². The Bertz CT molecular complexity index is 290. The number of nitrogens with two attached hydrogens (primary N) is 1. The second kappa shape index (κ2) is 4.69. The lowest BCUT2D eigenvalue weighted by molar-refractivity contribution is 0.666. The van der Waals surface area contributed by atoms with Gasteiger partial charge in [-0.25, -0.2) is 0 Å². The predicted molar refractivity (Wildman–Crippen MR) is 56.3 cm³/mol. The number of terminal acetylenes is 1. The largest absolute Gasteiger partial charge is 0.328 e. The number of benzene rings is 1. The maximum absolute atomic E-state index is 5.66. The molecule has 1 nitrogen and oxygen atoms in total. The fourth-order valence-corrected chi connectivity index (χ4v) is 1.16. The molecule has 0 heterocycles. The lowest BCUT2D eigenvalue weighted by atomic mass is 10.1. The summed E-state index contributed by atoms with van der Waals surface area (Å²) in [6, 6.07) is 8.34. The number of rotatable bonds is 3. The summed E-state index contributed by atoms with van der Waals surface area (Å²) in [7, 11) is 0. The van der Waals surface area contributed by atoms with E-state index in [1.807, 2.05) is 19.1 Å². The zero-order valence-electron chi connectivity index (χ0n) is 7.96. The van der Waals surface area contributed by atoms with Crippen LogP contribution in [-0.2, 0) is 6.42 Å². The van der Waals surface area contributed by atoms with Gasteiger partial charge in [0.05, 0.1) is 0 Å². The van der Waals surface area contributed by atoms with E-state index in [2.05, 4.69) is 18.1 Å². The predicted octanol–water partition coefficient (Wildman–Crippen LogP) is 1.95. The summed E-state index contributed by atoms with van der Waals surface area (Å²) in [5.74, 6) is 2.59. The Labute approximate surface area is 80.0 Å². The van der Waals surface area contributed by atoms with Gasteiger partial charge in [0.2, 0.25) is 0 Å². The first-order chi connectivity index (χ1) is 6.22. The second-order valence-electron chi connectivity index (χ2n) is 3.36. The molecule has 0 aliphatic heterocycles. The van der Waals surface area contributed by atoms with Gasteiger partial charge in [-0.1, -0.05) is 18.1 Å². The van der Waals surface area contributed by atoms with Crippen LogP contribution in [0.15, 0.2) is 24.3 Å². The van der Waals surface area contributed by atoms with Crippen LogP contribution in [0.2, 0.25) is 0 Å². The molecule has 0 bridgehead atoms. The van der Waals surface area contributed by atoms with Crippen molar-refractivity contribution < 1.29 is 0 Å². The highest BCUT2D eigenvalue weighted by Crippen LogP contribution is 2.06. The van der Waals surface area contributed by atoms with E-state index in [1.165, 1.54) is 5.56 Å². The van der Waals surface area contributed by atoms with Gasteiger partial charge >= 0.3 is 0 Å². The fourth-order valence-electron chi connectivity index (χ4n) is 1.16. The molecule has 13 heavy (non-hydrogen) atoms. The number of aryl methyl sites for hydroxylation is 1. The van der Waals surface area contributed by atoms with Gasteiger partial charge in [-0.2, -0.15) is 0 Å². The zero-order valence-corrected chi connectivity index (χ0v) is 7.96. The molecule has 1 heteroatoms. The topological polar surface area (TPSA) is 26.0 Å². The molecule has 68 valence electrons. The highest BCUT2D eigenvalue weighted by Gasteiger charge is 1.96. The van der Waals surface area contributed by atoms with E-state index in [4.69, 9.17) is 12.2 Å². The van der Waals surface area contributed by atoms with E-state index in [0.29, 0.717) is 0 Å². The van der Waals surface area contributed by atoms with Gasteiger partial charge in [0.1, 0.15) is 0 Å². The Hall–Kier alpha value is -1.26. The summed E-state index contributed by atoms with van der Waals surface area (Å²) in [5.41, 5.74) is 7.90. The molecule has 0 spiro atoms. The van der Waals surface area contributed by atoms with Crippen LogP contribution in [0.3, 0.4) is 0 Å². The van der Waals surface area contributed by atoms with Crippen LogP contribution in [0.25, 0.3) is 0 Å². The van der Waals surface area contributed by atoms with Crippen LogP contribution in [0.5, 0.6) is 0 Å². The van der Waals surface area contributed by atoms with E-state index < -0.39 is 0 Å². The highest BCUT2D eigenvalue weighted by atomic mass is 14.6. The van der Waals surface area contributed by atoms with Crippen molar-refractivity contribution in [2.45, 2.75) is 25.8 Å². The summed E-state index contributed by atoms with van der Waals surface area (Å²) in [4.78, 5) is 0. The quantitative estimate of drug-likeness (QED) is 0.695. The molecule has 2 N–H and O–H groups in total. The average Bonchev–Trinajstić information content (AvgIpc) is 2.15. The van der Waals surface area contributed by atoms with E-state index in [0.717, 1.165) is 18.4 Å². The molecule has 0 unspecified atom stereocenters. The van der Waals surface area contributed by atoms with Crippen molar-refractivity contribution in [2.75, 3.05) is 0 Å². The third kappa shape index (κ3) is 3.31. The van der Waals surface area contributed by atoms with Crippen LogP contribution in [0.4, 0.5) is 0 Å². The van der Waals surface area contributed by atoms with E-state index in [1.54, 1.807) is 0 Å². The molecule has 0 radical (unpaired) electrons. The summed E-state index contributed by atoms with van der Waals surface area (Å²) in [6.45, 7) is 2.02. The molecule has 0 amide bonds.